The molecule has 1 heterocycles. The lowest BCUT2D eigenvalue weighted by Gasteiger charge is -2.05. The lowest BCUT2D eigenvalue weighted by Crippen LogP contribution is -1.95. The number of halogens is 3. The maximum Gasteiger partial charge on any atom is 0.166 e. The maximum atomic E-state index is 9.49. The molecule has 0 atom stereocenters. The number of hydrazone groups is 1. The summed E-state index contributed by atoms with van der Waals surface area (Å²) in [5.74, 6) is 0.689. The Morgan fingerprint density at radius 1 is 1.24 bits per heavy atom. The lowest BCUT2D eigenvalue weighted by atomic mass is 10.2. The van der Waals surface area contributed by atoms with E-state index in [1.165, 1.54) is 25.5 Å². The zero-order valence-corrected chi connectivity index (χ0v) is 13.0. The Hall–Kier alpha value is -1.69. The first-order valence-corrected chi connectivity index (χ1v) is 6.82. The summed E-state index contributed by atoms with van der Waals surface area (Å²) in [7, 11) is 1.47. The van der Waals surface area contributed by atoms with E-state index in [4.69, 9.17) is 39.5 Å². The number of nitrogens with one attached hydrogen (secondary N) is 1. The minimum Gasteiger partial charge on any atom is -0.504 e. The van der Waals surface area contributed by atoms with Gasteiger partial charge in [-0.1, -0.05) is 34.8 Å². The van der Waals surface area contributed by atoms with Crippen molar-refractivity contribution in [2.75, 3.05) is 12.5 Å². The van der Waals surface area contributed by atoms with Gasteiger partial charge >= 0.3 is 0 Å². The molecule has 5 nitrogen and oxygen atoms in total. The summed E-state index contributed by atoms with van der Waals surface area (Å²) in [6.45, 7) is 0. The van der Waals surface area contributed by atoms with E-state index in [-0.39, 0.29) is 21.7 Å². The second-order valence-electron chi connectivity index (χ2n) is 3.89. The monoisotopic (exact) mass is 345 g/mol. The van der Waals surface area contributed by atoms with Crippen molar-refractivity contribution >= 4 is 46.8 Å². The normalized spacial score (nSPS) is 10.9. The summed E-state index contributed by atoms with van der Waals surface area (Å²) in [5.41, 5.74) is 3.38. The van der Waals surface area contributed by atoms with Gasteiger partial charge in [0.05, 0.1) is 23.4 Å². The highest BCUT2D eigenvalue weighted by Crippen LogP contribution is 2.29. The fourth-order valence-electron chi connectivity index (χ4n) is 1.47. The number of benzene rings is 1. The van der Waals surface area contributed by atoms with Gasteiger partial charge in [-0.05, 0) is 29.8 Å². The molecule has 1 aromatic heterocycles. The number of anilines is 1. The predicted octanol–water partition coefficient (Wildman–Crippen LogP) is 4.20. The van der Waals surface area contributed by atoms with Crippen molar-refractivity contribution in [2.24, 2.45) is 5.10 Å². The fraction of sp³-hybridized carbons (Fsp3) is 0.0769. The summed E-state index contributed by atoms with van der Waals surface area (Å²) in [5, 5.41) is 14.2. The molecule has 2 rings (SSSR count). The first kappa shape index (κ1) is 15.7. The molecule has 0 unspecified atom stereocenters. The zero-order chi connectivity index (χ0) is 15.4. The Bertz CT molecular complexity index is 693. The minimum atomic E-state index is 0.0526. The number of rotatable bonds is 4. The molecule has 0 saturated heterocycles. The molecule has 0 bridgehead atoms. The largest absolute Gasteiger partial charge is 0.504 e. The Balaban J connectivity index is 2.14. The summed E-state index contributed by atoms with van der Waals surface area (Å²) < 4.78 is 5.00. The Labute approximate surface area is 136 Å². The van der Waals surface area contributed by atoms with Crippen molar-refractivity contribution in [3.05, 3.63) is 45.0 Å². The highest BCUT2D eigenvalue weighted by atomic mass is 35.5. The van der Waals surface area contributed by atoms with Crippen LogP contribution in [0.1, 0.15) is 5.56 Å². The van der Waals surface area contributed by atoms with Gasteiger partial charge in [-0.25, -0.2) is 4.98 Å². The molecule has 0 aliphatic carbocycles. The molecular weight excluding hydrogens is 337 g/mol. The van der Waals surface area contributed by atoms with Crippen LogP contribution in [-0.4, -0.2) is 23.4 Å². The topological polar surface area (TPSA) is 66.7 Å². The molecule has 0 saturated carbocycles. The van der Waals surface area contributed by atoms with Crippen molar-refractivity contribution in [1.82, 2.24) is 4.98 Å². The van der Waals surface area contributed by atoms with Gasteiger partial charge in [0.2, 0.25) is 0 Å². The van der Waals surface area contributed by atoms with Gasteiger partial charge in [0, 0.05) is 0 Å². The number of methoxy groups -OCH3 is 1. The number of aromatic nitrogens is 1. The molecule has 21 heavy (non-hydrogen) atoms. The van der Waals surface area contributed by atoms with E-state index in [0.29, 0.717) is 16.3 Å². The van der Waals surface area contributed by atoms with Crippen molar-refractivity contribution in [3.8, 4) is 11.5 Å². The Kier molecular flexibility index (Phi) is 5.12. The van der Waals surface area contributed by atoms with Crippen LogP contribution in [-0.2, 0) is 0 Å². The van der Waals surface area contributed by atoms with E-state index < -0.39 is 0 Å². The van der Waals surface area contributed by atoms with Crippen LogP contribution in [0.4, 0.5) is 5.82 Å². The van der Waals surface area contributed by atoms with Crippen LogP contribution in [0.3, 0.4) is 0 Å². The lowest BCUT2D eigenvalue weighted by molar-refractivity contribution is 0.373. The maximum absolute atomic E-state index is 9.49. The predicted molar refractivity (Wildman–Crippen MR) is 85.1 cm³/mol. The average molecular weight is 347 g/mol. The number of nitrogens with zero attached hydrogens (tertiary/aromatic N) is 2. The van der Waals surface area contributed by atoms with Gasteiger partial charge < -0.3 is 9.84 Å². The van der Waals surface area contributed by atoms with Crippen molar-refractivity contribution in [3.63, 3.8) is 0 Å². The fourth-order valence-corrected chi connectivity index (χ4v) is 2.00. The van der Waals surface area contributed by atoms with Gasteiger partial charge in [-0.15, -0.1) is 0 Å². The highest BCUT2D eigenvalue weighted by Gasteiger charge is 2.06. The standard InChI is InChI=1S/C13H10Cl3N3O2/c1-21-11-4-7(2-3-10(11)20)6-17-19-13-9(15)5-8(14)12(16)18-13/h2-6,20H,1H3,(H,18,19). The van der Waals surface area contributed by atoms with E-state index in [1.807, 2.05) is 0 Å². The van der Waals surface area contributed by atoms with Gasteiger partial charge in [0.25, 0.3) is 0 Å². The molecule has 0 radical (unpaired) electrons. The van der Waals surface area contributed by atoms with E-state index in [9.17, 15) is 5.11 Å². The quantitative estimate of drug-likeness (QED) is 0.494. The molecule has 110 valence electrons. The second kappa shape index (κ2) is 6.85. The number of phenolic OH excluding ortho intramolecular Hbond substituents is 1. The van der Waals surface area contributed by atoms with Crippen LogP contribution in [0, 0.1) is 0 Å². The van der Waals surface area contributed by atoms with Crippen LogP contribution < -0.4 is 10.2 Å². The highest BCUT2D eigenvalue weighted by molar-refractivity contribution is 6.42. The average Bonchev–Trinajstić information content (AvgIpc) is 2.46. The van der Waals surface area contributed by atoms with Crippen molar-refractivity contribution in [1.29, 1.82) is 0 Å². The van der Waals surface area contributed by atoms with Crippen LogP contribution >= 0.6 is 34.8 Å². The van der Waals surface area contributed by atoms with E-state index in [0.717, 1.165) is 0 Å². The smallest absolute Gasteiger partial charge is 0.166 e. The zero-order valence-electron chi connectivity index (χ0n) is 10.8. The summed E-state index contributed by atoms with van der Waals surface area (Å²) in [6, 6.07) is 6.28. The van der Waals surface area contributed by atoms with Crippen LogP contribution in [0.25, 0.3) is 0 Å². The molecule has 0 spiro atoms. The molecule has 0 aliphatic heterocycles. The Morgan fingerprint density at radius 2 is 2.00 bits per heavy atom. The third-order valence-corrected chi connectivity index (χ3v) is 3.44. The van der Waals surface area contributed by atoms with Crippen molar-refractivity contribution in [2.45, 2.75) is 0 Å². The summed E-state index contributed by atoms with van der Waals surface area (Å²) >= 11 is 17.5. The van der Waals surface area contributed by atoms with Crippen LogP contribution in [0.5, 0.6) is 11.5 Å². The number of aromatic hydroxyl groups is 1. The third-order valence-electron chi connectivity index (χ3n) is 2.47. The molecule has 0 aliphatic rings. The number of phenols is 1. The van der Waals surface area contributed by atoms with Gasteiger partial charge in [0.1, 0.15) is 5.15 Å². The Morgan fingerprint density at radius 3 is 2.71 bits per heavy atom. The first-order valence-electron chi connectivity index (χ1n) is 5.69. The first-order chi connectivity index (χ1) is 10.0. The van der Waals surface area contributed by atoms with E-state index in [1.54, 1.807) is 12.1 Å². The second-order valence-corrected chi connectivity index (χ2v) is 5.07. The van der Waals surface area contributed by atoms with Crippen LogP contribution in [0.15, 0.2) is 29.4 Å². The van der Waals surface area contributed by atoms with Gasteiger partial charge in [-0.2, -0.15) is 5.10 Å². The number of pyridine rings is 1. The third kappa shape index (κ3) is 3.91. The molecule has 2 N–H and O–H groups in total. The van der Waals surface area contributed by atoms with E-state index in [2.05, 4.69) is 15.5 Å². The molecule has 1 aromatic carbocycles. The van der Waals surface area contributed by atoms with Crippen molar-refractivity contribution < 1.29 is 9.84 Å². The summed E-state index contributed by atoms with van der Waals surface area (Å²) in [4.78, 5) is 3.96. The van der Waals surface area contributed by atoms with Gasteiger partial charge in [-0.3, -0.25) is 5.43 Å². The van der Waals surface area contributed by atoms with E-state index >= 15 is 0 Å². The SMILES string of the molecule is COc1cc(C=NNc2nc(Cl)c(Cl)cc2Cl)ccc1O. The summed E-state index contributed by atoms with van der Waals surface area (Å²) in [6.07, 6.45) is 1.52. The molecule has 8 heteroatoms. The van der Waals surface area contributed by atoms with Gasteiger partial charge in [0.15, 0.2) is 17.3 Å². The molecule has 0 fully saturated rings. The molecular formula is C13H10Cl3N3O2. The molecule has 0 amide bonds. The minimum absolute atomic E-state index is 0.0526. The van der Waals surface area contributed by atoms with Crippen LogP contribution in [0.2, 0.25) is 15.2 Å². The molecule has 2 aromatic rings. The number of ether oxygens (including phenoxy) is 1. The number of hydrogen-bond acceptors (Lipinski definition) is 5. The number of hydrogen-bond donors (Lipinski definition) is 2.